The zero-order chi connectivity index (χ0) is 11.3. The van der Waals surface area contributed by atoms with Gasteiger partial charge in [0.1, 0.15) is 0 Å². The van der Waals surface area contributed by atoms with E-state index in [1.165, 1.54) is 0 Å². The molecule has 0 saturated carbocycles. The van der Waals surface area contributed by atoms with Gasteiger partial charge >= 0.3 is 0 Å². The zero-order valence-corrected chi connectivity index (χ0v) is 10.0. The maximum atomic E-state index is 11.5. The quantitative estimate of drug-likeness (QED) is 0.740. The van der Waals surface area contributed by atoms with Gasteiger partial charge in [0.2, 0.25) is 11.8 Å². The number of rotatable bonds is 4. The molecule has 1 heterocycles. The minimum absolute atomic E-state index is 0.0647. The minimum atomic E-state index is 0.0647. The molecule has 86 valence electrons. The van der Waals surface area contributed by atoms with Gasteiger partial charge < -0.3 is 10.6 Å². The molecule has 1 atom stereocenters. The second-order valence-corrected chi connectivity index (χ2v) is 5.53. The van der Waals surface area contributed by atoms with Crippen molar-refractivity contribution in [1.29, 1.82) is 0 Å². The van der Waals surface area contributed by atoms with Crippen molar-refractivity contribution in [2.45, 2.75) is 38.0 Å². The molecule has 0 aliphatic carbocycles. The molecular formula is C10H18N2O2S. The highest BCUT2D eigenvalue weighted by Crippen LogP contribution is 2.09. The van der Waals surface area contributed by atoms with Crippen LogP contribution in [0.5, 0.6) is 0 Å². The van der Waals surface area contributed by atoms with E-state index in [2.05, 4.69) is 24.5 Å². The first-order valence-electron chi connectivity index (χ1n) is 5.25. The third-order valence-corrected chi connectivity index (χ3v) is 3.27. The van der Waals surface area contributed by atoms with E-state index in [-0.39, 0.29) is 17.9 Å². The number of thioether (sulfide) groups is 1. The summed E-state index contributed by atoms with van der Waals surface area (Å²) < 4.78 is 0. The Morgan fingerprint density at radius 2 is 2.40 bits per heavy atom. The highest BCUT2D eigenvalue weighted by molar-refractivity contribution is 8.00. The van der Waals surface area contributed by atoms with Crippen LogP contribution in [0.25, 0.3) is 0 Å². The van der Waals surface area contributed by atoms with Gasteiger partial charge in [0.05, 0.1) is 5.75 Å². The first kappa shape index (κ1) is 12.4. The Hall–Kier alpha value is -0.710. The van der Waals surface area contributed by atoms with E-state index in [0.717, 1.165) is 6.42 Å². The molecule has 0 spiro atoms. The van der Waals surface area contributed by atoms with Gasteiger partial charge in [-0.1, -0.05) is 13.8 Å². The summed E-state index contributed by atoms with van der Waals surface area (Å²) in [5.74, 6) is 0.647. The van der Waals surface area contributed by atoms with Gasteiger partial charge in [-0.15, -0.1) is 11.8 Å². The molecule has 2 N–H and O–H groups in total. The van der Waals surface area contributed by atoms with Gasteiger partial charge in [-0.05, 0) is 11.7 Å². The van der Waals surface area contributed by atoms with Crippen LogP contribution in [-0.4, -0.2) is 35.4 Å². The summed E-state index contributed by atoms with van der Waals surface area (Å²) in [6, 6.07) is 0.114. The molecular weight excluding hydrogens is 212 g/mol. The molecule has 5 heteroatoms. The Bertz CT molecular complexity index is 234. The Morgan fingerprint density at radius 1 is 1.67 bits per heavy atom. The van der Waals surface area contributed by atoms with E-state index in [1.54, 1.807) is 11.8 Å². The molecule has 15 heavy (non-hydrogen) atoms. The maximum Gasteiger partial charge on any atom is 0.230 e. The standard InChI is InChI=1S/C10H18N2O2S/c1-7(2)15-6-10(14)12-8-3-4-9(13)11-5-8/h7-8H,3-6H2,1-2H3,(H,11,13)(H,12,14). The molecule has 0 aromatic rings. The van der Waals surface area contributed by atoms with Crippen molar-refractivity contribution in [3.05, 3.63) is 0 Å². The molecule has 0 bridgehead atoms. The average Bonchev–Trinajstić information content (AvgIpc) is 2.19. The first-order valence-corrected chi connectivity index (χ1v) is 6.30. The van der Waals surface area contributed by atoms with Crippen LogP contribution in [0.1, 0.15) is 26.7 Å². The number of hydrogen-bond acceptors (Lipinski definition) is 3. The van der Waals surface area contributed by atoms with Crippen LogP contribution in [0.2, 0.25) is 0 Å². The highest BCUT2D eigenvalue weighted by Gasteiger charge is 2.19. The summed E-state index contributed by atoms with van der Waals surface area (Å²) in [5.41, 5.74) is 0. The van der Waals surface area contributed by atoms with Crippen molar-refractivity contribution in [3.63, 3.8) is 0 Å². The van der Waals surface area contributed by atoms with Gasteiger partial charge in [-0.25, -0.2) is 0 Å². The molecule has 1 aliphatic rings. The zero-order valence-electron chi connectivity index (χ0n) is 9.21. The smallest absolute Gasteiger partial charge is 0.230 e. The van der Waals surface area contributed by atoms with Crippen molar-refractivity contribution in [2.75, 3.05) is 12.3 Å². The number of carbonyl (C=O) groups excluding carboxylic acids is 2. The number of carbonyl (C=O) groups is 2. The molecule has 1 fully saturated rings. The monoisotopic (exact) mass is 230 g/mol. The van der Waals surface area contributed by atoms with E-state index in [4.69, 9.17) is 0 Å². The topological polar surface area (TPSA) is 58.2 Å². The Kier molecular flexibility index (Phi) is 4.94. The van der Waals surface area contributed by atoms with E-state index in [9.17, 15) is 9.59 Å². The third-order valence-electron chi connectivity index (χ3n) is 2.18. The van der Waals surface area contributed by atoms with Gasteiger partial charge in [0.15, 0.2) is 0 Å². The third kappa shape index (κ3) is 5.06. The van der Waals surface area contributed by atoms with Crippen LogP contribution in [0.4, 0.5) is 0 Å². The van der Waals surface area contributed by atoms with Crippen LogP contribution in [0, 0.1) is 0 Å². The van der Waals surface area contributed by atoms with Crippen LogP contribution < -0.4 is 10.6 Å². The van der Waals surface area contributed by atoms with Crippen LogP contribution in [0.3, 0.4) is 0 Å². The summed E-state index contributed by atoms with van der Waals surface area (Å²) in [7, 11) is 0. The summed E-state index contributed by atoms with van der Waals surface area (Å²) in [4.78, 5) is 22.3. The highest BCUT2D eigenvalue weighted by atomic mass is 32.2. The van der Waals surface area contributed by atoms with Gasteiger partial charge in [-0.2, -0.15) is 0 Å². The van der Waals surface area contributed by atoms with Gasteiger partial charge in [-0.3, -0.25) is 9.59 Å². The molecule has 2 amide bonds. The van der Waals surface area contributed by atoms with Crippen molar-refractivity contribution in [1.82, 2.24) is 10.6 Å². The molecule has 1 saturated heterocycles. The maximum absolute atomic E-state index is 11.5. The number of piperidine rings is 1. The number of amides is 2. The molecule has 0 aromatic carbocycles. The molecule has 4 nitrogen and oxygen atoms in total. The Balaban J connectivity index is 2.17. The molecule has 1 unspecified atom stereocenters. The Morgan fingerprint density at radius 3 is 2.93 bits per heavy atom. The lowest BCUT2D eigenvalue weighted by Crippen LogP contribution is -2.48. The summed E-state index contributed by atoms with van der Waals surface area (Å²) >= 11 is 1.63. The lowest BCUT2D eigenvalue weighted by atomic mass is 10.1. The molecule has 1 aliphatic heterocycles. The van der Waals surface area contributed by atoms with Crippen LogP contribution in [-0.2, 0) is 9.59 Å². The van der Waals surface area contributed by atoms with Gasteiger partial charge in [0.25, 0.3) is 0 Å². The van der Waals surface area contributed by atoms with Crippen LogP contribution >= 0.6 is 11.8 Å². The molecule has 1 rings (SSSR count). The summed E-state index contributed by atoms with van der Waals surface area (Å²) in [5, 5.41) is 6.14. The van der Waals surface area contributed by atoms with Crippen molar-refractivity contribution in [2.24, 2.45) is 0 Å². The fourth-order valence-electron chi connectivity index (χ4n) is 1.37. The fourth-order valence-corrected chi connectivity index (χ4v) is 1.94. The lowest BCUT2D eigenvalue weighted by molar-refractivity contribution is -0.124. The predicted molar refractivity (Wildman–Crippen MR) is 61.8 cm³/mol. The van der Waals surface area contributed by atoms with E-state index < -0.39 is 0 Å². The van der Waals surface area contributed by atoms with E-state index in [1.807, 2.05) is 0 Å². The van der Waals surface area contributed by atoms with Crippen LogP contribution in [0.15, 0.2) is 0 Å². The number of nitrogens with one attached hydrogen (secondary N) is 2. The molecule has 0 aromatic heterocycles. The Labute approximate surface area is 94.6 Å². The van der Waals surface area contributed by atoms with E-state index >= 15 is 0 Å². The van der Waals surface area contributed by atoms with Gasteiger partial charge in [0, 0.05) is 19.0 Å². The van der Waals surface area contributed by atoms with Crippen molar-refractivity contribution >= 4 is 23.6 Å². The van der Waals surface area contributed by atoms with Crippen molar-refractivity contribution < 1.29 is 9.59 Å². The summed E-state index contributed by atoms with van der Waals surface area (Å²) in [6.45, 7) is 4.70. The minimum Gasteiger partial charge on any atom is -0.354 e. The second-order valence-electron chi connectivity index (χ2n) is 3.97. The van der Waals surface area contributed by atoms with Crippen molar-refractivity contribution in [3.8, 4) is 0 Å². The largest absolute Gasteiger partial charge is 0.354 e. The second kappa shape index (κ2) is 6.00. The molecule has 0 radical (unpaired) electrons. The predicted octanol–water partition coefficient (Wildman–Crippen LogP) is 0.523. The first-order chi connectivity index (χ1) is 7.08. The SMILES string of the molecule is CC(C)SCC(=O)NC1CCC(=O)NC1. The summed E-state index contributed by atoms with van der Waals surface area (Å²) in [6.07, 6.45) is 1.27. The average molecular weight is 230 g/mol. The lowest BCUT2D eigenvalue weighted by Gasteiger charge is -2.23. The number of hydrogen-bond donors (Lipinski definition) is 2. The normalized spacial score (nSPS) is 21.3. The fraction of sp³-hybridized carbons (Fsp3) is 0.800. The van der Waals surface area contributed by atoms with E-state index in [0.29, 0.717) is 24.0 Å².